The van der Waals surface area contributed by atoms with Crippen molar-refractivity contribution in [1.29, 1.82) is 0 Å². The molecule has 0 aliphatic carbocycles. The quantitative estimate of drug-likeness (QED) is 0.0619. The van der Waals surface area contributed by atoms with Gasteiger partial charge in [0, 0.05) is 6.61 Å². The van der Waals surface area contributed by atoms with Crippen molar-refractivity contribution in [1.82, 2.24) is 0 Å². The predicted octanol–water partition coefficient (Wildman–Crippen LogP) is 12.9. The SMILES string of the molecule is CCCCCCCCCCCC(CCC)c1ccc(OC(=O)c2ccc(C(C)OCCCCCCCCCC)cc2)cc1. The molecule has 0 amide bonds. The van der Waals surface area contributed by atoms with Crippen LogP contribution in [0.15, 0.2) is 48.5 Å². The van der Waals surface area contributed by atoms with Gasteiger partial charge in [-0.1, -0.05) is 154 Å². The monoisotopic (exact) mass is 592 g/mol. The maximum Gasteiger partial charge on any atom is 0.343 e. The average molecular weight is 593 g/mol. The number of benzene rings is 2. The first kappa shape index (κ1) is 37.1. The smallest absolute Gasteiger partial charge is 0.343 e. The molecule has 0 saturated carbocycles. The van der Waals surface area contributed by atoms with Crippen LogP contribution in [-0.2, 0) is 4.74 Å². The van der Waals surface area contributed by atoms with Crippen LogP contribution in [0, 0.1) is 0 Å². The van der Waals surface area contributed by atoms with Gasteiger partial charge in [-0.2, -0.15) is 0 Å². The topological polar surface area (TPSA) is 35.5 Å². The highest BCUT2D eigenvalue weighted by molar-refractivity contribution is 5.91. The fourth-order valence-corrected chi connectivity index (χ4v) is 5.98. The maximum atomic E-state index is 12.8. The Labute approximate surface area is 265 Å². The Morgan fingerprint density at radius 2 is 1.05 bits per heavy atom. The molecular weight excluding hydrogens is 528 g/mol. The number of hydrogen-bond donors (Lipinski definition) is 0. The zero-order chi connectivity index (χ0) is 31.0. The van der Waals surface area contributed by atoms with Crippen LogP contribution in [-0.4, -0.2) is 12.6 Å². The van der Waals surface area contributed by atoms with Gasteiger partial charge in [-0.15, -0.1) is 0 Å². The highest BCUT2D eigenvalue weighted by Crippen LogP contribution is 2.29. The van der Waals surface area contributed by atoms with E-state index in [1.807, 2.05) is 36.4 Å². The van der Waals surface area contributed by atoms with Gasteiger partial charge in [-0.05, 0) is 67.5 Å². The Hall–Kier alpha value is -2.13. The summed E-state index contributed by atoms with van der Waals surface area (Å²) >= 11 is 0. The molecule has 3 nitrogen and oxygen atoms in total. The van der Waals surface area contributed by atoms with E-state index in [1.54, 1.807) is 0 Å². The Balaban J connectivity index is 1.71. The van der Waals surface area contributed by atoms with Gasteiger partial charge in [0.1, 0.15) is 5.75 Å². The van der Waals surface area contributed by atoms with Crippen molar-refractivity contribution in [3.63, 3.8) is 0 Å². The van der Waals surface area contributed by atoms with E-state index in [-0.39, 0.29) is 12.1 Å². The Morgan fingerprint density at radius 1 is 0.558 bits per heavy atom. The lowest BCUT2D eigenvalue weighted by Gasteiger charge is -2.17. The van der Waals surface area contributed by atoms with Crippen molar-refractivity contribution in [2.24, 2.45) is 0 Å². The molecule has 2 unspecified atom stereocenters. The van der Waals surface area contributed by atoms with Crippen LogP contribution in [0.2, 0.25) is 0 Å². The molecule has 0 aliphatic heterocycles. The summed E-state index contributed by atoms with van der Waals surface area (Å²) in [5.41, 5.74) is 3.03. The van der Waals surface area contributed by atoms with Crippen molar-refractivity contribution in [3.05, 3.63) is 65.2 Å². The van der Waals surface area contributed by atoms with E-state index >= 15 is 0 Å². The fraction of sp³-hybridized carbons (Fsp3) is 0.675. The molecule has 2 aromatic rings. The molecule has 242 valence electrons. The van der Waals surface area contributed by atoms with Gasteiger partial charge in [0.25, 0.3) is 0 Å². The van der Waals surface area contributed by atoms with Crippen LogP contribution in [0.5, 0.6) is 5.75 Å². The van der Waals surface area contributed by atoms with Crippen molar-refractivity contribution in [2.45, 2.75) is 168 Å². The molecule has 0 radical (unpaired) electrons. The summed E-state index contributed by atoms with van der Waals surface area (Å²) in [4.78, 5) is 12.8. The molecule has 43 heavy (non-hydrogen) atoms. The minimum absolute atomic E-state index is 0.0220. The molecule has 0 bridgehead atoms. The summed E-state index contributed by atoms with van der Waals surface area (Å²) in [5.74, 6) is 0.886. The summed E-state index contributed by atoms with van der Waals surface area (Å²) in [6.07, 6.45) is 26.4. The minimum Gasteiger partial charge on any atom is -0.423 e. The first-order valence-corrected chi connectivity index (χ1v) is 18.1. The van der Waals surface area contributed by atoms with E-state index in [2.05, 4.69) is 39.8 Å². The van der Waals surface area contributed by atoms with Gasteiger partial charge >= 0.3 is 5.97 Å². The third kappa shape index (κ3) is 16.5. The van der Waals surface area contributed by atoms with E-state index in [4.69, 9.17) is 9.47 Å². The standard InChI is InChI=1S/C40H64O3/c1-5-8-10-12-14-16-17-19-21-24-36(23-7-3)37-29-31-39(32-30-37)43-40(41)38-27-25-35(26-28-38)34(4)42-33-22-20-18-15-13-11-9-6-2/h25-32,34,36H,5-24,33H2,1-4H3. The molecule has 3 heteroatoms. The average Bonchev–Trinajstić information content (AvgIpc) is 3.03. The lowest BCUT2D eigenvalue weighted by molar-refractivity contribution is 0.0626. The molecule has 0 fully saturated rings. The lowest BCUT2D eigenvalue weighted by atomic mass is 9.89. The molecule has 2 atom stereocenters. The zero-order valence-corrected chi connectivity index (χ0v) is 28.3. The Kier molecular flexibility index (Phi) is 20.9. The lowest BCUT2D eigenvalue weighted by Crippen LogP contribution is -2.09. The molecule has 2 aromatic carbocycles. The van der Waals surface area contributed by atoms with Crippen molar-refractivity contribution < 1.29 is 14.3 Å². The van der Waals surface area contributed by atoms with E-state index < -0.39 is 0 Å². The summed E-state index contributed by atoms with van der Waals surface area (Å²) in [6, 6.07) is 15.9. The molecule has 0 N–H and O–H groups in total. The van der Waals surface area contributed by atoms with Gasteiger partial charge in [0.2, 0.25) is 0 Å². The van der Waals surface area contributed by atoms with Gasteiger partial charge < -0.3 is 9.47 Å². The highest BCUT2D eigenvalue weighted by Gasteiger charge is 2.14. The van der Waals surface area contributed by atoms with Crippen LogP contribution < -0.4 is 4.74 Å². The highest BCUT2D eigenvalue weighted by atomic mass is 16.5. The summed E-state index contributed by atoms with van der Waals surface area (Å²) in [6.45, 7) is 9.69. The second-order valence-electron chi connectivity index (χ2n) is 12.7. The van der Waals surface area contributed by atoms with Crippen LogP contribution in [0.4, 0.5) is 0 Å². The van der Waals surface area contributed by atoms with E-state index in [9.17, 15) is 4.79 Å². The van der Waals surface area contributed by atoms with Crippen molar-refractivity contribution in [2.75, 3.05) is 6.61 Å². The van der Waals surface area contributed by atoms with Gasteiger partial charge in [-0.25, -0.2) is 4.79 Å². The number of carbonyl (C=O) groups is 1. The predicted molar refractivity (Wildman–Crippen MR) is 184 cm³/mol. The minimum atomic E-state index is -0.313. The van der Waals surface area contributed by atoms with Gasteiger partial charge in [0.15, 0.2) is 0 Å². The van der Waals surface area contributed by atoms with Gasteiger partial charge in [0.05, 0.1) is 11.7 Å². The van der Waals surface area contributed by atoms with Crippen LogP contribution >= 0.6 is 0 Å². The van der Waals surface area contributed by atoms with E-state index in [0.29, 0.717) is 17.2 Å². The Bertz CT molecular complexity index is 933. The number of rotatable bonds is 26. The first-order valence-electron chi connectivity index (χ1n) is 18.1. The number of ether oxygens (including phenoxy) is 2. The third-order valence-corrected chi connectivity index (χ3v) is 8.84. The number of carbonyl (C=O) groups excluding carboxylic acids is 1. The first-order chi connectivity index (χ1) is 21.1. The molecule has 0 saturated heterocycles. The summed E-state index contributed by atoms with van der Waals surface area (Å²) < 4.78 is 11.8. The fourth-order valence-electron chi connectivity index (χ4n) is 5.98. The Morgan fingerprint density at radius 3 is 1.58 bits per heavy atom. The van der Waals surface area contributed by atoms with E-state index in [1.165, 1.54) is 128 Å². The zero-order valence-electron chi connectivity index (χ0n) is 28.3. The number of unbranched alkanes of at least 4 members (excludes halogenated alkanes) is 15. The maximum absolute atomic E-state index is 12.8. The molecule has 0 spiro atoms. The number of esters is 1. The van der Waals surface area contributed by atoms with E-state index in [0.717, 1.165) is 18.6 Å². The normalized spacial score (nSPS) is 12.7. The second-order valence-corrected chi connectivity index (χ2v) is 12.7. The molecule has 0 aromatic heterocycles. The van der Waals surface area contributed by atoms with Crippen LogP contribution in [0.3, 0.4) is 0 Å². The number of hydrogen-bond acceptors (Lipinski definition) is 3. The second kappa shape index (κ2) is 24.2. The molecular formula is C40H64O3. The van der Waals surface area contributed by atoms with Gasteiger partial charge in [-0.3, -0.25) is 0 Å². The van der Waals surface area contributed by atoms with Crippen molar-refractivity contribution >= 4 is 5.97 Å². The largest absolute Gasteiger partial charge is 0.423 e. The van der Waals surface area contributed by atoms with Crippen molar-refractivity contribution in [3.8, 4) is 5.75 Å². The molecule has 2 rings (SSSR count). The molecule has 0 aliphatic rings. The summed E-state index contributed by atoms with van der Waals surface area (Å²) in [7, 11) is 0. The molecule has 0 heterocycles. The summed E-state index contributed by atoms with van der Waals surface area (Å²) in [5, 5.41) is 0. The van der Waals surface area contributed by atoms with Crippen LogP contribution in [0.1, 0.15) is 190 Å². The van der Waals surface area contributed by atoms with Crippen LogP contribution in [0.25, 0.3) is 0 Å². The third-order valence-electron chi connectivity index (χ3n) is 8.84.